The van der Waals surface area contributed by atoms with Crippen molar-refractivity contribution in [2.24, 2.45) is 0 Å². The Morgan fingerprint density at radius 1 is 1.24 bits per heavy atom. The Hall–Kier alpha value is -2.14. The van der Waals surface area contributed by atoms with Gasteiger partial charge in [-0.2, -0.15) is 4.98 Å². The fourth-order valence-electron chi connectivity index (χ4n) is 2.59. The van der Waals surface area contributed by atoms with Gasteiger partial charge in [0, 0.05) is 31.9 Å². The standard InChI is InChI=1S/C16H21N5/c1-17-14-8-10-21(12-14)15-7-9-18-16(20-15)19-11-13-5-3-2-4-6-13/h2-7,9,14,17H,8,10-12H2,1H3,(H,18,19,20)/t14-/m1/s1. The van der Waals surface area contributed by atoms with Gasteiger partial charge < -0.3 is 15.5 Å². The maximum atomic E-state index is 4.61. The molecule has 21 heavy (non-hydrogen) atoms. The van der Waals surface area contributed by atoms with Gasteiger partial charge >= 0.3 is 0 Å². The minimum absolute atomic E-state index is 0.556. The molecule has 3 rings (SSSR count). The predicted octanol–water partition coefficient (Wildman–Crippen LogP) is 1.89. The maximum Gasteiger partial charge on any atom is 0.224 e. The summed E-state index contributed by atoms with van der Waals surface area (Å²) in [4.78, 5) is 11.2. The van der Waals surface area contributed by atoms with Crippen molar-refractivity contribution in [2.45, 2.75) is 19.0 Å². The van der Waals surface area contributed by atoms with Crippen molar-refractivity contribution in [1.29, 1.82) is 0 Å². The number of likely N-dealkylation sites (N-methyl/N-ethyl adjacent to an activating group) is 1. The van der Waals surface area contributed by atoms with Gasteiger partial charge in [0.05, 0.1) is 0 Å². The number of hydrogen-bond acceptors (Lipinski definition) is 5. The Bertz CT molecular complexity index is 572. The van der Waals surface area contributed by atoms with Crippen LogP contribution >= 0.6 is 0 Å². The molecule has 0 saturated carbocycles. The van der Waals surface area contributed by atoms with Crippen LogP contribution in [0.2, 0.25) is 0 Å². The van der Waals surface area contributed by atoms with E-state index in [1.54, 1.807) is 0 Å². The van der Waals surface area contributed by atoms with Crippen LogP contribution in [-0.2, 0) is 6.54 Å². The molecule has 2 N–H and O–H groups in total. The monoisotopic (exact) mass is 283 g/mol. The largest absolute Gasteiger partial charge is 0.355 e. The first-order chi connectivity index (χ1) is 10.3. The topological polar surface area (TPSA) is 53.1 Å². The number of nitrogens with zero attached hydrogens (tertiary/aromatic N) is 3. The Kier molecular flexibility index (Phi) is 4.31. The molecule has 1 aliphatic rings. The first-order valence-corrected chi connectivity index (χ1v) is 7.38. The molecule has 0 spiro atoms. The molecule has 5 nitrogen and oxygen atoms in total. The van der Waals surface area contributed by atoms with E-state index in [1.807, 2.05) is 37.5 Å². The van der Waals surface area contributed by atoms with Crippen LogP contribution in [0, 0.1) is 0 Å². The smallest absolute Gasteiger partial charge is 0.224 e. The molecule has 1 aromatic heterocycles. The lowest BCUT2D eigenvalue weighted by Gasteiger charge is -2.17. The van der Waals surface area contributed by atoms with Gasteiger partial charge in [-0.3, -0.25) is 0 Å². The van der Waals surface area contributed by atoms with Crippen molar-refractivity contribution in [3.63, 3.8) is 0 Å². The molecule has 1 aliphatic heterocycles. The highest BCUT2D eigenvalue weighted by Gasteiger charge is 2.22. The summed E-state index contributed by atoms with van der Waals surface area (Å²) in [5, 5.41) is 6.61. The lowest BCUT2D eigenvalue weighted by Crippen LogP contribution is -2.29. The number of nitrogens with one attached hydrogen (secondary N) is 2. The number of aromatic nitrogens is 2. The van der Waals surface area contributed by atoms with Gasteiger partial charge in [-0.15, -0.1) is 0 Å². The fourth-order valence-corrected chi connectivity index (χ4v) is 2.59. The van der Waals surface area contributed by atoms with E-state index in [0.29, 0.717) is 12.0 Å². The molecule has 0 aliphatic carbocycles. The highest BCUT2D eigenvalue weighted by Crippen LogP contribution is 2.18. The maximum absolute atomic E-state index is 4.61. The Morgan fingerprint density at radius 3 is 2.86 bits per heavy atom. The van der Waals surface area contributed by atoms with Crippen LogP contribution in [0.5, 0.6) is 0 Å². The van der Waals surface area contributed by atoms with E-state index in [0.717, 1.165) is 31.9 Å². The van der Waals surface area contributed by atoms with E-state index >= 15 is 0 Å². The zero-order valence-corrected chi connectivity index (χ0v) is 12.3. The highest BCUT2D eigenvalue weighted by molar-refractivity contribution is 5.44. The third kappa shape index (κ3) is 3.49. The molecule has 5 heteroatoms. The summed E-state index contributed by atoms with van der Waals surface area (Å²) in [6.45, 7) is 2.79. The first-order valence-electron chi connectivity index (χ1n) is 7.38. The van der Waals surface area contributed by atoms with Gasteiger partial charge in [-0.05, 0) is 25.1 Å². The molecule has 0 unspecified atom stereocenters. The van der Waals surface area contributed by atoms with Crippen LogP contribution in [0.25, 0.3) is 0 Å². The van der Waals surface area contributed by atoms with Gasteiger partial charge in [0.2, 0.25) is 5.95 Å². The second-order valence-electron chi connectivity index (χ2n) is 5.30. The van der Waals surface area contributed by atoms with Crippen LogP contribution in [-0.4, -0.2) is 36.1 Å². The summed E-state index contributed by atoms with van der Waals surface area (Å²) in [6, 6.07) is 12.8. The lowest BCUT2D eigenvalue weighted by molar-refractivity contribution is 0.616. The molecule has 1 saturated heterocycles. The Morgan fingerprint density at radius 2 is 2.10 bits per heavy atom. The molecule has 0 amide bonds. The van der Waals surface area contributed by atoms with Gasteiger partial charge in [0.15, 0.2) is 0 Å². The third-order valence-electron chi connectivity index (χ3n) is 3.85. The van der Waals surface area contributed by atoms with E-state index in [1.165, 1.54) is 5.56 Å². The van der Waals surface area contributed by atoms with Gasteiger partial charge in [-0.1, -0.05) is 30.3 Å². The molecule has 1 fully saturated rings. The minimum atomic E-state index is 0.556. The summed E-state index contributed by atoms with van der Waals surface area (Å²) < 4.78 is 0. The molecule has 1 aromatic carbocycles. The van der Waals surface area contributed by atoms with E-state index in [-0.39, 0.29) is 0 Å². The number of hydrogen-bond donors (Lipinski definition) is 2. The molecular weight excluding hydrogens is 262 g/mol. The normalized spacial score (nSPS) is 18.0. The number of anilines is 2. The highest BCUT2D eigenvalue weighted by atomic mass is 15.3. The molecule has 110 valence electrons. The SMILES string of the molecule is CN[C@@H]1CCN(c2ccnc(NCc3ccccc3)n2)C1. The predicted molar refractivity (Wildman–Crippen MR) is 85.5 cm³/mol. The van der Waals surface area contributed by atoms with Crippen LogP contribution in [0.4, 0.5) is 11.8 Å². The Balaban J connectivity index is 1.63. The second kappa shape index (κ2) is 6.54. The van der Waals surface area contributed by atoms with Gasteiger partial charge in [0.25, 0.3) is 0 Å². The molecule has 0 radical (unpaired) electrons. The van der Waals surface area contributed by atoms with Crippen molar-refractivity contribution >= 4 is 11.8 Å². The molecule has 1 atom stereocenters. The van der Waals surface area contributed by atoms with Crippen molar-refractivity contribution in [2.75, 3.05) is 30.4 Å². The van der Waals surface area contributed by atoms with Crippen LogP contribution < -0.4 is 15.5 Å². The minimum Gasteiger partial charge on any atom is -0.355 e. The van der Waals surface area contributed by atoms with Gasteiger partial charge in [-0.25, -0.2) is 4.98 Å². The van der Waals surface area contributed by atoms with Crippen molar-refractivity contribution < 1.29 is 0 Å². The summed E-state index contributed by atoms with van der Waals surface area (Å²) >= 11 is 0. The zero-order chi connectivity index (χ0) is 14.5. The average Bonchev–Trinajstić information content (AvgIpc) is 3.03. The van der Waals surface area contributed by atoms with E-state index in [4.69, 9.17) is 0 Å². The molecule has 2 heterocycles. The van der Waals surface area contributed by atoms with E-state index in [2.05, 4.69) is 37.6 Å². The van der Waals surface area contributed by atoms with Crippen molar-refractivity contribution in [3.05, 3.63) is 48.2 Å². The second-order valence-corrected chi connectivity index (χ2v) is 5.30. The third-order valence-corrected chi connectivity index (χ3v) is 3.85. The summed E-state index contributed by atoms with van der Waals surface area (Å²) in [6.07, 6.45) is 2.98. The van der Waals surface area contributed by atoms with Crippen molar-refractivity contribution in [1.82, 2.24) is 15.3 Å². The zero-order valence-electron chi connectivity index (χ0n) is 12.3. The van der Waals surface area contributed by atoms with Crippen LogP contribution in [0.15, 0.2) is 42.6 Å². The summed E-state index contributed by atoms with van der Waals surface area (Å²) in [5.41, 5.74) is 1.22. The van der Waals surface area contributed by atoms with E-state index in [9.17, 15) is 0 Å². The summed E-state index contributed by atoms with van der Waals surface area (Å²) in [5.74, 6) is 1.68. The fraction of sp³-hybridized carbons (Fsp3) is 0.375. The average molecular weight is 283 g/mol. The Labute approximate surface area is 125 Å². The summed E-state index contributed by atoms with van der Waals surface area (Å²) in [7, 11) is 2.01. The molecular formula is C16H21N5. The van der Waals surface area contributed by atoms with Crippen molar-refractivity contribution in [3.8, 4) is 0 Å². The first kappa shape index (κ1) is 13.8. The van der Waals surface area contributed by atoms with Crippen LogP contribution in [0.1, 0.15) is 12.0 Å². The lowest BCUT2D eigenvalue weighted by atomic mass is 10.2. The number of benzene rings is 1. The number of rotatable bonds is 5. The van der Waals surface area contributed by atoms with E-state index < -0.39 is 0 Å². The van der Waals surface area contributed by atoms with Crippen LogP contribution in [0.3, 0.4) is 0 Å². The quantitative estimate of drug-likeness (QED) is 0.877. The van der Waals surface area contributed by atoms with Gasteiger partial charge in [0.1, 0.15) is 5.82 Å². The molecule has 2 aromatic rings. The molecule has 0 bridgehead atoms.